The molecule has 0 amide bonds. The van der Waals surface area contributed by atoms with Crippen molar-refractivity contribution in [3.8, 4) is 0 Å². The van der Waals surface area contributed by atoms with Crippen LogP contribution < -0.4 is 0 Å². The molecule has 4 nitrogen and oxygen atoms in total. The number of carbonyl (C=O) groups is 2. The van der Waals surface area contributed by atoms with Crippen molar-refractivity contribution in [2.24, 2.45) is 0 Å². The van der Waals surface area contributed by atoms with Crippen molar-refractivity contribution in [3.05, 3.63) is 35.4 Å². The van der Waals surface area contributed by atoms with Gasteiger partial charge in [-0.1, -0.05) is 17.7 Å². The first kappa shape index (κ1) is 10.5. The molecular weight excluding hydrogens is 208 g/mol. The molecule has 1 aromatic rings. The summed E-state index contributed by atoms with van der Waals surface area (Å²) in [6, 6.07) is 5.29. The lowest BCUT2D eigenvalue weighted by Gasteiger charge is -2.01. The molecule has 1 rings (SSSR count). The molecule has 0 radical (unpaired) electrons. The third-order valence-electron chi connectivity index (χ3n) is 1.53. The highest BCUT2D eigenvalue weighted by Crippen LogP contribution is 2.07. The van der Waals surface area contributed by atoms with Crippen LogP contribution in [0.4, 0.5) is 0 Å². The van der Waals surface area contributed by atoms with E-state index in [-0.39, 0.29) is 17.2 Å². The van der Waals surface area contributed by atoms with Gasteiger partial charge < -0.3 is 9.84 Å². The molecule has 0 saturated carbocycles. The minimum Gasteiger partial charge on any atom is -0.478 e. The fraction of sp³-hybridized carbons (Fsp3) is 0.111. The number of halogens is 1. The van der Waals surface area contributed by atoms with E-state index in [1.165, 1.54) is 24.3 Å². The van der Waals surface area contributed by atoms with Crippen molar-refractivity contribution in [2.75, 3.05) is 6.07 Å². The first-order valence-corrected chi connectivity index (χ1v) is 4.25. The van der Waals surface area contributed by atoms with E-state index in [9.17, 15) is 9.59 Å². The van der Waals surface area contributed by atoms with E-state index >= 15 is 0 Å². The number of hydrogen-bond acceptors (Lipinski definition) is 3. The zero-order chi connectivity index (χ0) is 10.6. The minimum atomic E-state index is -1.09. The van der Waals surface area contributed by atoms with Gasteiger partial charge in [0.25, 0.3) is 0 Å². The summed E-state index contributed by atoms with van der Waals surface area (Å²) in [6.07, 6.45) is 0. The molecule has 0 heterocycles. The van der Waals surface area contributed by atoms with E-state index in [0.717, 1.165) is 0 Å². The number of carboxylic acid groups (broad SMARTS) is 1. The smallest absolute Gasteiger partial charge is 0.339 e. The molecule has 74 valence electrons. The Hall–Kier alpha value is -1.55. The lowest BCUT2D eigenvalue weighted by Crippen LogP contribution is -2.05. The summed E-state index contributed by atoms with van der Waals surface area (Å²) >= 11 is 5.19. The van der Waals surface area contributed by atoms with Gasteiger partial charge in [-0.15, -0.1) is 0 Å². The topological polar surface area (TPSA) is 63.6 Å². The number of rotatable bonds is 3. The van der Waals surface area contributed by atoms with Crippen molar-refractivity contribution in [2.45, 2.75) is 0 Å². The van der Waals surface area contributed by atoms with Crippen molar-refractivity contribution in [1.29, 1.82) is 0 Å². The number of carboxylic acids is 1. The van der Waals surface area contributed by atoms with Crippen LogP contribution in [0.1, 0.15) is 20.7 Å². The van der Waals surface area contributed by atoms with Gasteiger partial charge in [-0.25, -0.2) is 9.59 Å². The minimum absolute atomic E-state index is 0.0361. The largest absolute Gasteiger partial charge is 0.478 e. The predicted molar refractivity (Wildman–Crippen MR) is 49.5 cm³/mol. The number of carbonyl (C=O) groups excluding carboxylic acids is 1. The Morgan fingerprint density at radius 1 is 1.36 bits per heavy atom. The Kier molecular flexibility index (Phi) is 3.48. The van der Waals surface area contributed by atoms with Crippen LogP contribution in [0.25, 0.3) is 0 Å². The molecule has 0 spiro atoms. The molecule has 0 aliphatic carbocycles. The molecule has 0 bridgehead atoms. The van der Waals surface area contributed by atoms with Crippen LogP contribution in [0.5, 0.6) is 0 Å². The van der Waals surface area contributed by atoms with Crippen LogP contribution in [0.3, 0.4) is 0 Å². The standard InChI is InChI=1S/C9H7ClO4/c10-5-14-9(13)7-3-1-2-6(4-7)8(11)12/h1-4H,5H2,(H,11,12). The molecule has 0 aliphatic rings. The zero-order valence-corrected chi connectivity index (χ0v) is 7.82. The molecule has 0 aromatic heterocycles. The molecule has 0 aliphatic heterocycles. The number of ether oxygens (including phenoxy) is 1. The number of hydrogen-bond donors (Lipinski definition) is 1. The van der Waals surface area contributed by atoms with E-state index in [1.807, 2.05) is 0 Å². The van der Waals surface area contributed by atoms with Crippen LogP contribution in [0, 0.1) is 0 Å². The maximum absolute atomic E-state index is 11.1. The third kappa shape index (κ3) is 2.47. The molecule has 0 unspecified atom stereocenters. The van der Waals surface area contributed by atoms with Crippen LogP contribution >= 0.6 is 11.6 Å². The Bertz CT molecular complexity index is 362. The quantitative estimate of drug-likeness (QED) is 0.615. The fourth-order valence-corrected chi connectivity index (χ4v) is 1.01. The monoisotopic (exact) mass is 214 g/mol. The van der Waals surface area contributed by atoms with Crippen molar-refractivity contribution in [3.63, 3.8) is 0 Å². The van der Waals surface area contributed by atoms with Crippen LogP contribution in [0.15, 0.2) is 24.3 Å². The average Bonchev–Trinajstić information content (AvgIpc) is 2.18. The van der Waals surface area contributed by atoms with E-state index in [0.29, 0.717) is 0 Å². The van der Waals surface area contributed by atoms with E-state index in [1.54, 1.807) is 0 Å². The Labute approximate surface area is 85.1 Å². The van der Waals surface area contributed by atoms with Crippen molar-refractivity contribution in [1.82, 2.24) is 0 Å². The second-order valence-corrected chi connectivity index (χ2v) is 2.65. The molecule has 14 heavy (non-hydrogen) atoms. The van der Waals surface area contributed by atoms with E-state index < -0.39 is 11.9 Å². The molecule has 0 saturated heterocycles. The summed E-state index contributed by atoms with van der Waals surface area (Å²) in [5.74, 6) is -1.73. The highest BCUT2D eigenvalue weighted by atomic mass is 35.5. The van der Waals surface area contributed by atoms with Gasteiger partial charge in [0.2, 0.25) is 0 Å². The maximum atomic E-state index is 11.1. The van der Waals surface area contributed by atoms with Gasteiger partial charge in [0.15, 0.2) is 6.07 Å². The molecule has 0 atom stereocenters. The van der Waals surface area contributed by atoms with Gasteiger partial charge in [0.05, 0.1) is 11.1 Å². The zero-order valence-electron chi connectivity index (χ0n) is 7.07. The Balaban J connectivity index is 2.93. The average molecular weight is 215 g/mol. The van der Waals surface area contributed by atoms with Crippen molar-refractivity contribution < 1.29 is 19.4 Å². The molecular formula is C9H7ClO4. The molecule has 1 N–H and O–H groups in total. The summed E-state index contributed by atoms with van der Waals surface area (Å²) in [4.78, 5) is 21.7. The van der Waals surface area contributed by atoms with Crippen LogP contribution in [0.2, 0.25) is 0 Å². The second-order valence-electron chi connectivity index (χ2n) is 2.43. The van der Waals surface area contributed by atoms with E-state index in [4.69, 9.17) is 16.7 Å². The van der Waals surface area contributed by atoms with Gasteiger partial charge >= 0.3 is 11.9 Å². The SMILES string of the molecule is O=C(O)c1cccc(C(=O)OCCl)c1. The van der Waals surface area contributed by atoms with Gasteiger partial charge in [-0.05, 0) is 18.2 Å². The Morgan fingerprint density at radius 2 is 2.00 bits per heavy atom. The number of esters is 1. The summed E-state index contributed by atoms with van der Waals surface area (Å²) in [7, 11) is 0. The maximum Gasteiger partial charge on any atom is 0.339 e. The first-order chi connectivity index (χ1) is 6.65. The van der Waals surface area contributed by atoms with Gasteiger partial charge in [-0.3, -0.25) is 0 Å². The first-order valence-electron chi connectivity index (χ1n) is 3.71. The number of alkyl halides is 1. The normalized spacial score (nSPS) is 9.50. The van der Waals surface area contributed by atoms with Gasteiger partial charge in [0, 0.05) is 0 Å². The molecule has 0 fully saturated rings. The highest BCUT2D eigenvalue weighted by Gasteiger charge is 2.09. The van der Waals surface area contributed by atoms with E-state index in [2.05, 4.69) is 4.74 Å². The Morgan fingerprint density at radius 3 is 2.57 bits per heavy atom. The summed E-state index contributed by atoms with van der Waals surface area (Å²) in [5, 5.41) is 8.64. The summed E-state index contributed by atoms with van der Waals surface area (Å²) in [5.41, 5.74) is 0.208. The highest BCUT2D eigenvalue weighted by molar-refractivity contribution is 6.17. The van der Waals surface area contributed by atoms with Gasteiger partial charge in [-0.2, -0.15) is 0 Å². The molecule has 5 heteroatoms. The summed E-state index contributed by atoms with van der Waals surface area (Å²) in [6.45, 7) is 0. The lowest BCUT2D eigenvalue weighted by atomic mass is 10.1. The number of benzene rings is 1. The lowest BCUT2D eigenvalue weighted by molar-refractivity contribution is 0.0574. The van der Waals surface area contributed by atoms with Crippen LogP contribution in [-0.2, 0) is 4.74 Å². The fourth-order valence-electron chi connectivity index (χ4n) is 0.912. The predicted octanol–water partition coefficient (Wildman–Crippen LogP) is 1.74. The number of aromatic carboxylic acids is 1. The van der Waals surface area contributed by atoms with Gasteiger partial charge in [0.1, 0.15) is 0 Å². The second kappa shape index (κ2) is 4.62. The molecule has 1 aromatic carbocycles. The van der Waals surface area contributed by atoms with Crippen LogP contribution in [-0.4, -0.2) is 23.1 Å². The summed E-state index contributed by atoms with van der Waals surface area (Å²) < 4.78 is 4.50. The van der Waals surface area contributed by atoms with Crippen molar-refractivity contribution >= 4 is 23.5 Å². The third-order valence-corrected chi connectivity index (χ3v) is 1.64.